The van der Waals surface area contributed by atoms with Gasteiger partial charge in [-0.05, 0) is 48.4 Å². The van der Waals surface area contributed by atoms with Gasteiger partial charge in [0.15, 0.2) is 0 Å². The Labute approximate surface area is 113 Å². The summed E-state index contributed by atoms with van der Waals surface area (Å²) in [6.45, 7) is 1.83. The Bertz CT molecular complexity index is 588. The molecule has 0 saturated carbocycles. The van der Waals surface area contributed by atoms with Crippen molar-refractivity contribution in [2.45, 2.75) is 19.7 Å². The van der Waals surface area contributed by atoms with Gasteiger partial charge in [0.1, 0.15) is 18.2 Å². The summed E-state index contributed by atoms with van der Waals surface area (Å²) < 4.78 is 55.5. The number of aryl methyl sites for hydroxylation is 1. The van der Waals surface area contributed by atoms with E-state index in [9.17, 15) is 17.6 Å². The van der Waals surface area contributed by atoms with Gasteiger partial charge in [0.05, 0.1) is 5.56 Å². The fourth-order valence-electron chi connectivity index (χ4n) is 1.73. The van der Waals surface area contributed by atoms with Crippen molar-refractivity contribution in [2.24, 2.45) is 0 Å². The highest BCUT2D eigenvalue weighted by Gasteiger charge is 2.29. The lowest BCUT2D eigenvalue weighted by Gasteiger charge is -2.10. The van der Waals surface area contributed by atoms with Crippen molar-refractivity contribution in [3.8, 4) is 5.75 Å². The molecule has 106 valence electrons. The Hall–Kier alpha value is -2.04. The highest BCUT2D eigenvalue weighted by Crippen LogP contribution is 2.29. The quantitative estimate of drug-likeness (QED) is 0.740. The third-order valence-electron chi connectivity index (χ3n) is 2.81. The molecule has 2 aromatic rings. The van der Waals surface area contributed by atoms with E-state index in [-0.39, 0.29) is 12.4 Å². The Balaban J connectivity index is 2.04. The number of hydrogen-bond acceptors (Lipinski definition) is 1. The molecule has 2 aromatic carbocycles. The summed E-state index contributed by atoms with van der Waals surface area (Å²) >= 11 is 0. The van der Waals surface area contributed by atoms with E-state index in [0.29, 0.717) is 16.9 Å². The smallest absolute Gasteiger partial charge is 0.416 e. The molecule has 0 fully saturated rings. The fraction of sp³-hybridized carbons (Fsp3) is 0.200. The summed E-state index contributed by atoms with van der Waals surface area (Å²) in [6.07, 6.45) is -4.34. The molecule has 0 aliphatic heterocycles. The summed E-state index contributed by atoms with van der Waals surface area (Å²) in [4.78, 5) is 0. The fourth-order valence-corrected chi connectivity index (χ4v) is 1.73. The molecule has 0 atom stereocenters. The van der Waals surface area contributed by atoms with Crippen LogP contribution in [0, 0.1) is 12.7 Å². The van der Waals surface area contributed by atoms with E-state index in [1.807, 2.05) is 0 Å². The van der Waals surface area contributed by atoms with Crippen LogP contribution in [0.5, 0.6) is 5.75 Å². The number of rotatable bonds is 3. The second kappa shape index (κ2) is 5.53. The largest absolute Gasteiger partial charge is 0.489 e. The summed E-state index contributed by atoms with van der Waals surface area (Å²) in [5.74, 6) is 0.149. The average molecular weight is 284 g/mol. The first-order valence-corrected chi connectivity index (χ1v) is 5.91. The van der Waals surface area contributed by atoms with Crippen molar-refractivity contribution in [2.75, 3.05) is 0 Å². The van der Waals surface area contributed by atoms with E-state index in [1.165, 1.54) is 30.3 Å². The lowest BCUT2D eigenvalue weighted by Crippen LogP contribution is -2.05. The molecule has 2 rings (SSSR count). The minimum absolute atomic E-state index is 0.130. The first kappa shape index (κ1) is 14.4. The van der Waals surface area contributed by atoms with Crippen molar-refractivity contribution < 1.29 is 22.3 Å². The molecule has 0 aliphatic carbocycles. The normalized spacial score (nSPS) is 11.4. The Morgan fingerprint density at radius 2 is 1.65 bits per heavy atom. The van der Waals surface area contributed by atoms with Gasteiger partial charge in [-0.1, -0.05) is 12.1 Å². The van der Waals surface area contributed by atoms with Gasteiger partial charge in [-0.3, -0.25) is 0 Å². The number of halogens is 4. The van der Waals surface area contributed by atoms with Crippen LogP contribution in [-0.2, 0) is 12.8 Å². The van der Waals surface area contributed by atoms with Crippen LogP contribution in [-0.4, -0.2) is 0 Å². The maximum Gasteiger partial charge on any atom is 0.416 e. The Kier molecular flexibility index (Phi) is 3.97. The molecule has 1 nitrogen and oxygen atoms in total. The molecule has 20 heavy (non-hydrogen) atoms. The van der Waals surface area contributed by atoms with E-state index in [1.54, 1.807) is 6.92 Å². The molecule has 0 spiro atoms. The predicted molar refractivity (Wildman–Crippen MR) is 66.9 cm³/mol. The van der Waals surface area contributed by atoms with Gasteiger partial charge in [0.25, 0.3) is 0 Å². The van der Waals surface area contributed by atoms with E-state index < -0.39 is 11.7 Å². The minimum atomic E-state index is -4.34. The zero-order chi connectivity index (χ0) is 14.8. The zero-order valence-electron chi connectivity index (χ0n) is 10.7. The van der Waals surface area contributed by atoms with E-state index in [4.69, 9.17) is 4.74 Å². The van der Waals surface area contributed by atoms with E-state index in [0.717, 1.165) is 12.1 Å². The van der Waals surface area contributed by atoms with E-state index >= 15 is 0 Å². The Morgan fingerprint density at radius 1 is 1.00 bits per heavy atom. The highest BCUT2D eigenvalue weighted by molar-refractivity contribution is 5.33. The summed E-state index contributed by atoms with van der Waals surface area (Å²) in [5, 5.41) is 0. The van der Waals surface area contributed by atoms with Gasteiger partial charge >= 0.3 is 6.18 Å². The van der Waals surface area contributed by atoms with Gasteiger partial charge in [-0.2, -0.15) is 13.2 Å². The van der Waals surface area contributed by atoms with Crippen LogP contribution < -0.4 is 4.74 Å². The molecule has 0 aromatic heterocycles. The lowest BCUT2D eigenvalue weighted by molar-refractivity contribution is -0.137. The molecule has 0 bridgehead atoms. The van der Waals surface area contributed by atoms with Gasteiger partial charge < -0.3 is 4.74 Å². The first-order chi connectivity index (χ1) is 9.36. The predicted octanol–water partition coefficient (Wildman–Crippen LogP) is 4.73. The number of ether oxygens (including phenoxy) is 1. The van der Waals surface area contributed by atoms with Crippen LogP contribution in [0.1, 0.15) is 16.7 Å². The van der Waals surface area contributed by atoms with Gasteiger partial charge in [-0.15, -0.1) is 0 Å². The molecule has 0 unspecified atom stereocenters. The van der Waals surface area contributed by atoms with Crippen molar-refractivity contribution in [1.29, 1.82) is 0 Å². The van der Waals surface area contributed by atoms with Crippen molar-refractivity contribution in [1.82, 2.24) is 0 Å². The van der Waals surface area contributed by atoms with Crippen LogP contribution in [0.3, 0.4) is 0 Å². The Morgan fingerprint density at radius 3 is 2.20 bits per heavy atom. The van der Waals surface area contributed by atoms with Crippen molar-refractivity contribution in [3.05, 3.63) is 65.0 Å². The second-order valence-corrected chi connectivity index (χ2v) is 4.39. The monoisotopic (exact) mass is 284 g/mol. The van der Waals surface area contributed by atoms with Crippen molar-refractivity contribution >= 4 is 0 Å². The van der Waals surface area contributed by atoms with Crippen LogP contribution >= 0.6 is 0 Å². The minimum Gasteiger partial charge on any atom is -0.489 e. The van der Waals surface area contributed by atoms with Crippen LogP contribution in [0.15, 0.2) is 42.5 Å². The molecule has 0 radical (unpaired) electrons. The molecule has 0 N–H and O–H groups in total. The van der Waals surface area contributed by atoms with Crippen LogP contribution in [0.4, 0.5) is 17.6 Å². The number of alkyl halides is 3. The molecule has 0 aliphatic rings. The zero-order valence-corrected chi connectivity index (χ0v) is 10.7. The molecule has 0 heterocycles. The van der Waals surface area contributed by atoms with Crippen LogP contribution in [0.2, 0.25) is 0 Å². The maximum absolute atomic E-state index is 12.9. The maximum atomic E-state index is 12.9. The molecule has 0 amide bonds. The third-order valence-corrected chi connectivity index (χ3v) is 2.81. The van der Waals surface area contributed by atoms with Crippen molar-refractivity contribution in [3.63, 3.8) is 0 Å². The SMILES string of the molecule is Cc1cc(F)ccc1OCc1ccc(C(F)(F)F)cc1. The summed E-state index contributed by atoms with van der Waals surface area (Å²) in [7, 11) is 0. The molecule has 0 saturated heterocycles. The lowest BCUT2D eigenvalue weighted by atomic mass is 10.1. The van der Waals surface area contributed by atoms with Gasteiger partial charge in [-0.25, -0.2) is 4.39 Å². The second-order valence-electron chi connectivity index (χ2n) is 4.39. The molecular formula is C15H12F4O. The topological polar surface area (TPSA) is 9.23 Å². The third kappa shape index (κ3) is 3.50. The molecular weight excluding hydrogens is 272 g/mol. The summed E-state index contributed by atoms with van der Waals surface area (Å²) in [5.41, 5.74) is 0.554. The highest BCUT2D eigenvalue weighted by atomic mass is 19.4. The number of benzene rings is 2. The van der Waals surface area contributed by atoms with Gasteiger partial charge in [0.2, 0.25) is 0 Å². The molecule has 5 heteroatoms. The average Bonchev–Trinajstić information content (AvgIpc) is 2.37. The van der Waals surface area contributed by atoms with Gasteiger partial charge in [0, 0.05) is 0 Å². The first-order valence-electron chi connectivity index (χ1n) is 5.91. The standard InChI is InChI=1S/C15H12F4O/c1-10-8-13(16)6-7-14(10)20-9-11-2-4-12(5-3-11)15(17,18)19/h2-8H,9H2,1H3. The number of hydrogen-bond donors (Lipinski definition) is 0. The van der Waals surface area contributed by atoms with Crippen LogP contribution in [0.25, 0.3) is 0 Å². The van der Waals surface area contributed by atoms with E-state index in [2.05, 4.69) is 0 Å². The summed E-state index contributed by atoms with van der Waals surface area (Å²) in [6, 6.07) is 8.85.